The van der Waals surface area contributed by atoms with Crippen LogP contribution in [-0.2, 0) is 9.53 Å². The minimum atomic E-state index is -0.312. The quantitative estimate of drug-likeness (QED) is 0.407. The molecule has 140 valence electrons. The molecule has 0 saturated heterocycles. The molecule has 0 N–H and O–H groups in total. The van der Waals surface area contributed by atoms with Gasteiger partial charge >= 0.3 is 5.97 Å². The summed E-state index contributed by atoms with van der Waals surface area (Å²) in [5.74, 6) is 0.126. The average molecular weight is 361 g/mol. The first-order valence-electron chi connectivity index (χ1n) is 9.62. The Morgan fingerprint density at radius 1 is 1.19 bits per heavy atom. The smallest absolute Gasteiger partial charge is 0.330 e. The average Bonchev–Trinajstić information content (AvgIpc) is 2.72. The fraction of sp³-hybridized carbons (Fsp3) is 0.333. The fourth-order valence-corrected chi connectivity index (χ4v) is 2.95. The Balaban J connectivity index is 2.01. The minimum Gasteiger partial charge on any atom is -0.462 e. The number of nitrogens with zero attached hydrogens (tertiary/aromatic N) is 1. The molecule has 2 aromatic carbocycles. The minimum absolute atomic E-state index is 0.312. The SMILES string of the molecule is CCCCC(CC)COC(=O)C=Cc1cccc(-c2ccccc2C#N)c1. The third-order valence-electron chi connectivity index (χ3n) is 4.66. The summed E-state index contributed by atoms with van der Waals surface area (Å²) < 4.78 is 5.40. The van der Waals surface area contributed by atoms with E-state index >= 15 is 0 Å². The second-order valence-electron chi connectivity index (χ2n) is 6.66. The molecule has 2 aromatic rings. The number of carbonyl (C=O) groups is 1. The molecule has 0 aliphatic heterocycles. The van der Waals surface area contributed by atoms with E-state index in [1.807, 2.05) is 42.5 Å². The van der Waals surface area contributed by atoms with Crippen molar-refractivity contribution >= 4 is 12.0 Å². The van der Waals surface area contributed by atoms with Crippen molar-refractivity contribution < 1.29 is 9.53 Å². The van der Waals surface area contributed by atoms with Gasteiger partial charge in [0.15, 0.2) is 0 Å². The summed E-state index contributed by atoms with van der Waals surface area (Å²) in [6.07, 6.45) is 7.69. The highest BCUT2D eigenvalue weighted by Crippen LogP contribution is 2.24. The van der Waals surface area contributed by atoms with Crippen LogP contribution in [0.2, 0.25) is 0 Å². The first-order chi connectivity index (χ1) is 13.2. The molecule has 2 rings (SSSR count). The van der Waals surface area contributed by atoms with E-state index in [4.69, 9.17) is 4.74 Å². The van der Waals surface area contributed by atoms with Gasteiger partial charge in [0.25, 0.3) is 0 Å². The molecular weight excluding hydrogens is 334 g/mol. The topological polar surface area (TPSA) is 50.1 Å². The molecule has 0 radical (unpaired) electrons. The van der Waals surface area contributed by atoms with Gasteiger partial charge in [0.2, 0.25) is 0 Å². The summed E-state index contributed by atoms with van der Waals surface area (Å²) in [6.45, 7) is 4.79. The van der Waals surface area contributed by atoms with Crippen LogP contribution >= 0.6 is 0 Å². The van der Waals surface area contributed by atoms with Crippen molar-refractivity contribution in [2.45, 2.75) is 39.5 Å². The van der Waals surface area contributed by atoms with Gasteiger partial charge in [0.05, 0.1) is 18.2 Å². The van der Waals surface area contributed by atoms with Crippen LogP contribution in [0.25, 0.3) is 17.2 Å². The maximum Gasteiger partial charge on any atom is 0.330 e. The zero-order valence-electron chi connectivity index (χ0n) is 16.2. The second-order valence-corrected chi connectivity index (χ2v) is 6.66. The van der Waals surface area contributed by atoms with Gasteiger partial charge in [-0.05, 0) is 47.2 Å². The first-order valence-corrected chi connectivity index (χ1v) is 9.62. The van der Waals surface area contributed by atoms with E-state index in [0.717, 1.165) is 36.0 Å². The molecule has 3 heteroatoms. The van der Waals surface area contributed by atoms with Crippen LogP contribution < -0.4 is 0 Å². The number of benzene rings is 2. The Labute approximate surface area is 162 Å². The van der Waals surface area contributed by atoms with Gasteiger partial charge in [0, 0.05) is 6.08 Å². The summed E-state index contributed by atoms with van der Waals surface area (Å²) in [6, 6.07) is 17.5. The molecule has 0 heterocycles. The van der Waals surface area contributed by atoms with Crippen molar-refractivity contribution in [2.75, 3.05) is 6.61 Å². The second kappa shape index (κ2) is 11.0. The highest BCUT2D eigenvalue weighted by atomic mass is 16.5. The lowest BCUT2D eigenvalue weighted by atomic mass is 9.98. The molecule has 0 bridgehead atoms. The van der Waals surface area contributed by atoms with Crippen LogP contribution in [0.15, 0.2) is 54.6 Å². The Hall–Kier alpha value is -2.86. The van der Waals surface area contributed by atoms with Gasteiger partial charge in [-0.2, -0.15) is 5.26 Å². The molecule has 1 atom stereocenters. The third kappa shape index (κ3) is 6.42. The number of esters is 1. The maximum atomic E-state index is 12.0. The first kappa shape index (κ1) is 20.5. The summed E-state index contributed by atoms with van der Waals surface area (Å²) in [4.78, 5) is 12.0. The number of hydrogen-bond donors (Lipinski definition) is 0. The zero-order chi connectivity index (χ0) is 19.5. The van der Waals surface area contributed by atoms with Gasteiger partial charge in [0.1, 0.15) is 0 Å². The lowest BCUT2D eigenvalue weighted by Gasteiger charge is -2.13. The highest BCUT2D eigenvalue weighted by Gasteiger charge is 2.08. The zero-order valence-corrected chi connectivity index (χ0v) is 16.2. The number of ether oxygens (including phenoxy) is 1. The summed E-state index contributed by atoms with van der Waals surface area (Å²) in [7, 11) is 0. The molecule has 0 spiro atoms. The third-order valence-corrected chi connectivity index (χ3v) is 4.66. The van der Waals surface area contributed by atoms with E-state index < -0.39 is 0 Å². The Kier molecular flexibility index (Phi) is 8.32. The van der Waals surface area contributed by atoms with Crippen LogP contribution in [0.3, 0.4) is 0 Å². The van der Waals surface area contributed by atoms with E-state index in [0.29, 0.717) is 18.1 Å². The standard InChI is InChI=1S/C24H27NO2/c1-3-5-9-19(4-2)18-27-24(26)15-14-20-10-8-12-21(16-20)23-13-7-6-11-22(23)17-25/h6-8,10-16,19H,3-5,9,18H2,1-2H3. The van der Waals surface area contributed by atoms with Gasteiger partial charge in [-0.1, -0.05) is 69.5 Å². The van der Waals surface area contributed by atoms with Gasteiger partial charge in [-0.15, -0.1) is 0 Å². The van der Waals surface area contributed by atoms with Crippen LogP contribution in [-0.4, -0.2) is 12.6 Å². The number of carbonyl (C=O) groups excluding carboxylic acids is 1. The molecular formula is C24H27NO2. The van der Waals surface area contributed by atoms with Gasteiger partial charge < -0.3 is 4.74 Å². The highest BCUT2D eigenvalue weighted by molar-refractivity contribution is 5.87. The van der Waals surface area contributed by atoms with Crippen LogP contribution in [0.4, 0.5) is 0 Å². The molecule has 0 aliphatic rings. The largest absolute Gasteiger partial charge is 0.462 e. The van der Waals surface area contributed by atoms with Crippen molar-refractivity contribution in [3.63, 3.8) is 0 Å². The molecule has 0 aliphatic carbocycles. The number of hydrogen-bond acceptors (Lipinski definition) is 3. The van der Waals surface area contributed by atoms with Crippen molar-refractivity contribution in [1.29, 1.82) is 5.26 Å². The summed E-state index contributed by atoms with van der Waals surface area (Å²) in [5.41, 5.74) is 3.37. The van der Waals surface area contributed by atoms with Crippen LogP contribution in [0.5, 0.6) is 0 Å². The molecule has 27 heavy (non-hydrogen) atoms. The monoisotopic (exact) mass is 361 g/mol. The Morgan fingerprint density at radius 3 is 2.74 bits per heavy atom. The summed E-state index contributed by atoms with van der Waals surface area (Å²) in [5, 5.41) is 9.28. The fourth-order valence-electron chi connectivity index (χ4n) is 2.95. The van der Waals surface area contributed by atoms with Crippen molar-refractivity contribution in [3.8, 4) is 17.2 Å². The Morgan fingerprint density at radius 2 is 2.00 bits per heavy atom. The maximum absolute atomic E-state index is 12.0. The van der Waals surface area contributed by atoms with Crippen molar-refractivity contribution in [1.82, 2.24) is 0 Å². The van der Waals surface area contributed by atoms with Crippen LogP contribution in [0, 0.1) is 17.2 Å². The van der Waals surface area contributed by atoms with E-state index in [9.17, 15) is 10.1 Å². The molecule has 1 unspecified atom stereocenters. The van der Waals surface area contributed by atoms with Crippen molar-refractivity contribution in [3.05, 3.63) is 65.7 Å². The number of nitriles is 1. The van der Waals surface area contributed by atoms with E-state index in [2.05, 4.69) is 19.9 Å². The predicted molar refractivity (Wildman–Crippen MR) is 110 cm³/mol. The number of unbranched alkanes of at least 4 members (excludes halogenated alkanes) is 1. The van der Waals surface area contributed by atoms with Crippen molar-refractivity contribution in [2.24, 2.45) is 5.92 Å². The number of rotatable bonds is 9. The van der Waals surface area contributed by atoms with E-state index in [1.165, 1.54) is 12.5 Å². The van der Waals surface area contributed by atoms with E-state index in [1.54, 1.807) is 12.1 Å². The van der Waals surface area contributed by atoms with Gasteiger partial charge in [-0.3, -0.25) is 0 Å². The molecule has 3 nitrogen and oxygen atoms in total. The normalized spacial score (nSPS) is 11.9. The molecule has 0 saturated carbocycles. The Bertz CT molecular complexity index is 817. The molecule has 0 amide bonds. The van der Waals surface area contributed by atoms with Crippen LogP contribution in [0.1, 0.15) is 50.7 Å². The summed E-state index contributed by atoms with van der Waals surface area (Å²) >= 11 is 0. The lowest BCUT2D eigenvalue weighted by Crippen LogP contribution is -2.12. The molecule has 0 aromatic heterocycles. The van der Waals surface area contributed by atoms with Gasteiger partial charge in [-0.25, -0.2) is 4.79 Å². The molecule has 0 fully saturated rings. The lowest BCUT2D eigenvalue weighted by molar-refractivity contribution is -0.139. The van der Waals surface area contributed by atoms with E-state index in [-0.39, 0.29) is 5.97 Å². The predicted octanol–water partition coefficient (Wildman–Crippen LogP) is 6.00.